The molecule has 0 aromatic rings. The van der Waals surface area contributed by atoms with Crippen molar-refractivity contribution in [2.24, 2.45) is 29.4 Å². The molecule has 3 aliphatic carbocycles. The average Bonchev–Trinajstić information content (AvgIpc) is 2.49. The number of amides is 1. The highest BCUT2D eigenvalue weighted by Gasteiger charge is 2.40. The normalized spacial score (nSPS) is 40.1. The van der Waals surface area contributed by atoms with Crippen molar-refractivity contribution in [3.05, 3.63) is 0 Å². The Bertz CT molecular complexity index is 368. The van der Waals surface area contributed by atoms with Crippen LogP contribution >= 0.6 is 12.4 Å². The van der Waals surface area contributed by atoms with Gasteiger partial charge in [0, 0.05) is 18.0 Å². The molecule has 3 fully saturated rings. The SMILES string of the molecule is CCCC1CCC(NC(=O)C2CC3CCCC(C2)C3N)CC1.Cl. The molecule has 0 radical (unpaired) electrons. The van der Waals surface area contributed by atoms with Gasteiger partial charge in [0.15, 0.2) is 0 Å². The van der Waals surface area contributed by atoms with Crippen LogP contribution in [0.15, 0.2) is 0 Å². The summed E-state index contributed by atoms with van der Waals surface area (Å²) in [6.07, 6.45) is 13.5. The van der Waals surface area contributed by atoms with E-state index in [0.29, 0.717) is 29.8 Å². The smallest absolute Gasteiger partial charge is 0.223 e. The molecule has 2 bridgehead atoms. The van der Waals surface area contributed by atoms with Crippen LogP contribution < -0.4 is 11.1 Å². The number of carbonyl (C=O) groups excluding carboxylic acids is 1. The van der Waals surface area contributed by atoms with Crippen LogP contribution in [0.3, 0.4) is 0 Å². The van der Waals surface area contributed by atoms with Gasteiger partial charge in [-0.15, -0.1) is 12.4 Å². The fraction of sp³-hybridized carbons (Fsp3) is 0.947. The van der Waals surface area contributed by atoms with Crippen molar-refractivity contribution in [2.75, 3.05) is 0 Å². The Morgan fingerprint density at radius 2 is 1.65 bits per heavy atom. The third-order valence-electron chi connectivity index (χ3n) is 6.67. The quantitative estimate of drug-likeness (QED) is 0.810. The predicted octanol–water partition coefficient (Wildman–Crippen LogP) is 4.04. The zero-order chi connectivity index (χ0) is 15.5. The molecule has 2 unspecified atom stereocenters. The van der Waals surface area contributed by atoms with E-state index in [1.54, 1.807) is 0 Å². The molecule has 0 spiro atoms. The lowest BCUT2D eigenvalue weighted by Crippen LogP contribution is -2.50. The molecule has 0 aromatic heterocycles. The first-order valence-electron chi connectivity index (χ1n) is 9.73. The molecule has 3 saturated carbocycles. The molecule has 1 amide bonds. The van der Waals surface area contributed by atoms with Gasteiger partial charge in [0.05, 0.1) is 0 Å². The van der Waals surface area contributed by atoms with Crippen LogP contribution in [-0.4, -0.2) is 18.0 Å². The van der Waals surface area contributed by atoms with Gasteiger partial charge in [0.2, 0.25) is 5.91 Å². The van der Waals surface area contributed by atoms with Crippen LogP contribution in [0.25, 0.3) is 0 Å². The Labute approximate surface area is 147 Å². The first-order valence-corrected chi connectivity index (χ1v) is 9.73. The van der Waals surface area contributed by atoms with Crippen LogP contribution in [0, 0.1) is 23.7 Å². The zero-order valence-corrected chi connectivity index (χ0v) is 15.5. The summed E-state index contributed by atoms with van der Waals surface area (Å²) in [5.41, 5.74) is 6.34. The van der Waals surface area contributed by atoms with Gasteiger partial charge in [-0.2, -0.15) is 0 Å². The molecule has 3 aliphatic rings. The minimum absolute atomic E-state index is 0. The molecule has 23 heavy (non-hydrogen) atoms. The summed E-state index contributed by atoms with van der Waals surface area (Å²) in [4.78, 5) is 12.7. The molecule has 4 heteroatoms. The highest BCUT2D eigenvalue weighted by Crippen LogP contribution is 2.42. The monoisotopic (exact) mass is 342 g/mol. The van der Waals surface area contributed by atoms with E-state index in [2.05, 4.69) is 12.2 Å². The van der Waals surface area contributed by atoms with Crippen molar-refractivity contribution < 1.29 is 4.79 Å². The van der Waals surface area contributed by atoms with Crippen LogP contribution in [0.4, 0.5) is 0 Å². The molecule has 3 N–H and O–H groups in total. The van der Waals surface area contributed by atoms with Crippen molar-refractivity contribution in [3.8, 4) is 0 Å². The van der Waals surface area contributed by atoms with E-state index in [4.69, 9.17) is 5.73 Å². The van der Waals surface area contributed by atoms with Gasteiger partial charge in [0.25, 0.3) is 0 Å². The van der Waals surface area contributed by atoms with E-state index in [9.17, 15) is 4.79 Å². The molecule has 3 rings (SSSR count). The molecular formula is C19H35ClN2O. The number of halogens is 1. The molecular weight excluding hydrogens is 308 g/mol. The third-order valence-corrected chi connectivity index (χ3v) is 6.67. The summed E-state index contributed by atoms with van der Waals surface area (Å²) < 4.78 is 0. The highest BCUT2D eigenvalue weighted by molar-refractivity contribution is 5.85. The Morgan fingerprint density at radius 3 is 2.22 bits per heavy atom. The Hall–Kier alpha value is -0.280. The number of hydrogen-bond acceptors (Lipinski definition) is 2. The lowest BCUT2D eigenvalue weighted by atomic mass is 9.65. The van der Waals surface area contributed by atoms with Crippen LogP contribution in [0.5, 0.6) is 0 Å². The van der Waals surface area contributed by atoms with Crippen molar-refractivity contribution >= 4 is 18.3 Å². The van der Waals surface area contributed by atoms with E-state index < -0.39 is 0 Å². The second kappa shape index (κ2) is 8.71. The number of hydrogen-bond donors (Lipinski definition) is 2. The third kappa shape index (κ3) is 4.63. The van der Waals surface area contributed by atoms with Gasteiger partial charge in [0.1, 0.15) is 0 Å². The van der Waals surface area contributed by atoms with Gasteiger partial charge < -0.3 is 11.1 Å². The van der Waals surface area contributed by atoms with Crippen molar-refractivity contribution in [1.82, 2.24) is 5.32 Å². The maximum atomic E-state index is 12.7. The van der Waals surface area contributed by atoms with Crippen LogP contribution in [0.1, 0.15) is 77.6 Å². The molecule has 0 aromatic carbocycles. The molecule has 134 valence electrons. The second-order valence-corrected chi connectivity index (χ2v) is 8.21. The zero-order valence-electron chi connectivity index (χ0n) is 14.6. The maximum Gasteiger partial charge on any atom is 0.223 e. The summed E-state index contributed by atoms with van der Waals surface area (Å²) >= 11 is 0. The molecule has 2 atom stereocenters. The minimum atomic E-state index is 0. The summed E-state index contributed by atoms with van der Waals surface area (Å²) in [6, 6.07) is 0.804. The van der Waals surface area contributed by atoms with E-state index in [1.165, 1.54) is 57.8 Å². The Morgan fingerprint density at radius 1 is 1.04 bits per heavy atom. The minimum Gasteiger partial charge on any atom is -0.353 e. The van der Waals surface area contributed by atoms with Crippen molar-refractivity contribution in [1.29, 1.82) is 0 Å². The van der Waals surface area contributed by atoms with Crippen molar-refractivity contribution in [2.45, 2.75) is 89.6 Å². The Kier molecular flexibility index (Phi) is 7.21. The van der Waals surface area contributed by atoms with E-state index >= 15 is 0 Å². The molecule has 3 nitrogen and oxygen atoms in total. The van der Waals surface area contributed by atoms with E-state index in [0.717, 1.165) is 18.8 Å². The predicted molar refractivity (Wildman–Crippen MR) is 97.6 cm³/mol. The van der Waals surface area contributed by atoms with Crippen LogP contribution in [-0.2, 0) is 4.79 Å². The summed E-state index contributed by atoms with van der Waals surface area (Å²) in [7, 11) is 0. The highest BCUT2D eigenvalue weighted by atomic mass is 35.5. The average molecular weight is 343 g/mol. The van der Waals surface area contributed by atoms with Gasteiger partial charge in [-0.3, -0.25) is 4.79 Å². The van der Waals surface area contributed by atoms with Gasteiger partial charge in [-0.25, -0.2) is 0 Å². The van der Waals surface area contributed by atoms with Gasteiger partial charge in [-0.05, 0) is 69.1 Å². The van der Waals surface area contributed by atoms with Gasteiger partial charge in [-0.1, -0.05) is 26.2 Å². The van der Waals surface area contributed by atoms with Crippen LogP contribution in [0.2, 0.25) is 0 Å². The fourth-order valence-corrected chi connectivity index (χ4v) is 5.33. The van der Waals surface area contributed by atoms with Crippen molar-refractivity contribution in [3.63, 3.8) is 0 Å². The molecule has 0 saturated heterocycles. The standard InChI is InChI=1S/C19H34N2O.ClH/c1-2-4-13-7-9-17(10-8-13)21-19(22)16-11-14-5-3-6-15(12-16)18(14)20;/h13-18H,2-12,20H2,1H3,(H,21,22);1H. The number of rotatable bonds is 4. The maximum absolute atomic E-state index is 12.7. The molecule has 0 heterocycles. The summed E-state index contributed by atoms with van der Waals surface area (Å²) in [5, 5.41) is 3.38. The summed E-state index contributed by atoms with van der Waals surface area (Å²) in [6.45, 7) is 2.28. The number of fused-ring (bicyclic) bond motifs is 2. The lowest BCUT2D eigenvalue weighted by Gasteiger charge is -2.44. The number of nitrogens with one attached hydrogen (secondary N) is 1. The molecule has 0 aliphatic heterocycles. The largest absolute Gasteiger partial charge is 0.353 e. The van der Waals surface area contributed by atoms with E-state index in [1.807, 2.05) is 0 Å². The number of carbonyl (C=O) groups is 1. The first kappa shape index (κ1) is 19.1. The second-order valence-electron chi connectivity index (χ2n) is 8.21. The topological polar surface area (TPSA) is 55.1 Å². The Balaban J connectivity index is 0.00000192. The fourth-order valence-electron chi connectivity index (χ4n) is 5.33. The summed E-state index contributed by atoms with van der Waals surface area (Å²) in [5.74, 6) is 2.68. The number of nitrogens with two attached hydrogens (primary N) is 1. The van der Waals surface area contributed by atoms with Gasteiger partial charge >= 0.3 is 0 Å². The lowest BCUT2D eigenvalue weighted by molar-refractivity contribution is -0.128. The van der Waals surface area contributed by atoms with E-state index in [-0.39, 0.29) is 18.3 Å². The first-order chi connectivity index (χ1) is 10.7.